The lowest BCUT2D eigenvalue weighted by Gasteiger charge is -2.13. The molecular weight excluding hydrogens is 831 g/mol. The molecule has 0 aromatic heterocycles. The van der Waals surface area contributed by atoms with Gasteiger partial charge in [0, 0.05) is 16.7 Å². The van der Waals surface area contributed by atoms with Gasteiger partial charge in [-0.1, -0.05) is 97.4 Å². The Bertz CT molecular complexity index is 1030. The van der Waals surface area contributed by atoms with Crippen molar-refractivity contribution in [2.45, 2.75) is 98.4 Å². The van der Waals surface area contributed by atoms with Gasteiger partial charge in [0.25, 0.3) is 0 Å². The molecule has 2 N–H and O–H groups in total. The number of hydrogen-bond donors (Lipinski definition) is 2. The van der Waals surface area contributed by atoms with Crippen LogP contribution in [-0.2, 0) is 62.0 Å². The van der Waals surface area contributed by atoms with E-state index in [1.54, 1.807) is 6.92 Å². The van der Waals surface area contributed by atoms with Gasteiger partial charge in [0.1, 0.15) is 39.6 Å². The van der Waals surface area contributed by atoms with Crippen LogP contribution in [0.25, 0.3) is 0 Å². The molecule has 19 heteroatoms. The van der Waals surface area contributed by atoms with E-state index in [1.807, 2.05) is 13.8 Å². The Hall–Kier alpha value is -3.87. The smallest absolute Gasteiger partial charge is 0.344 e. The van der Waals surface area contributed by atoms with Crippen LogP contribution in [0, 0.1) is 0 Å². The first-order valence-electron chi connectivity index (χ1n) is 18.1. The number of allylic oxidation sites excluding steroid dienone is 1. The van der Waals surface area contributed by atoms with Crippen LogP contribution >= 0.6 is 11.6 Å². The van der Waals surface area contributed by atoms with Crippen molar-refractivity contribution in [1.82, 2.24) is 9.80 Å². The molecule has 0 aliphatic heterocycles. The summed E-state index contributed by atoms with van der Waals surface area (Å²) < 4.78 is 27.0. The number of esters is 6. The predicted octanol–water partition coefficient (Wildman–Crippen LogP) is 2.33. The van der Waals surface area contributed by atoms with E-state index in [-0.39, 0.29) is 72.3 Å². The summed E-state index contributed by atoms with van der Waals surface area (Å²) in [4.78, 5) is 79.4. The van der Waals surface area contributed by atoms with Crippen LogP contribution in [0.4, 0.5) is 0 Å². The molecule has 0 spiro atoms. The average Bonchev–Trinajstić information content (AvgIpc) is 3.18. The third-order valence-electron chi connectivity index (χ3n) is 5.84. The molecule has 0 radical (unpaired) electrons. The Morgan fingerprint density at radius 3 is 0.800 bits per heavy atom. The van der Waals surface area contributed by atoms with Crippen molar-refractivity contribution in [2.75, 3.05) is 92.1 Å². The molecule has 0 amide bonds. The summed E-state index contributed by atoms with van der Waals surface area (Å²) in [6.07, 6.45) is 0. The summed E-state index contributed by atoms with van der Waals surface area (Å²) >= 11 is 4.87. The van der Waals surface area contributed by atoms with E-state index in [9.17, 15) is 33.6 Å². The van der Waals surface area contributed by atoms with Gasteiger partial charge >= 0.3 is 35.8 Å². The van der Waals surface area contributed by atoms with Crippen molar-refractivity contribution in [2.24, 2.45) is 0 Å². The summed E-state index contributed by atoms with van der Waals surface area (Å²) in [6.45, 7) is 35.5. The minimum Gasteiger partial charge on any atom is -1.00 e. The highest BCUT2D eigenvalue weighted by atomic mass is 35.5. The van der Waals surface area contributed by atoms with Crippen molar-refractivity contribution in [3.63, 3.8) is 0 Å². The van der Waals surface area contributed by atoms with Gasteiger partial charge in [0.15, 0.2) is 13.2 Å². The van der Waals surface area contributed by atoms with Gasteiger partial charge in [-0.3, -0.25) is 4.79 Å². The van der Waals surface area contributed by atoms with Crippen molar-refractivity contribution < 1.29 is 84.6 Å². The standard InChI is InChI=1S/C14H18O8.2C6H15N.C6H10O6.C4H5ClO.C2H6.3CH4.ClH/c1-9(2)13(17)21-7-11(15)19-5-6-20-12(16)8-22-14(18)10(3)4;2*1-4-7(5-2)6-3;7-3-5(9)11-1-2-12-6(10)4-8;1-3(2)4(5)6;1-2;;;;/h1,3,5-8H2,2,4H3;2*4-6H2,1-3H3;7-8H,1-4H2;1H2,2H3;1-2H3;3*1H4;1H/p-1. The molecule has 360 valence electrons. The molecule has 0 aliphatic carbocycles. The number of carbonyl (C=O) groups is 7. The second kappa shape index (κ2) is 59.4. The molecule has 60 heavy (non-hydrogen) atoms. The lowest BCUT2D eigenvalue weighted by atomic mass is 10.4. The molecular formula is C41H81Cl2N2O15-. The molecule has 0 heterocycles. The fourth-order valence-corrected chi connectivity index (χ4v) is 2.63. The van der Waals surface area contributed by atoms with Crippen LogP contribution in [0.1, 0.15) is 98.4 Å². The Kier molecular flexibility index (Phi) is 79.4. The first-order chi connectivity index (χ1) is 26.3. The van der Waals surface area contributed by atoms with E-state index in [0.717, 1.165) is 0 Å². The van der Waals surface area contributed by atoms with E-state index in [2.05, 4.69) is 99.5 Å². The molecule has 0 unspecified atom stereocenters. The summed E-state index contributed by atoms with van der Waals surface area (Å²) in [5.74, 6) is -4.56. The monoisotopic (exact) mass is 912 g/mol. The highest BCUT2D eigenvalue weighted by molar-refractivity contribution is 6.67. The van der Waals surface area contributed by atoms with E-state index in [0.29, 0.717) is 5.57 Å². The van der Waals surface area contributed by atoms with Gasteiger partial charge in [0.2, 0.25) is 5.24 Å². The SMILES string of the molecule is C.C.C.C=C(C)C(=O)Cl.C=C(C)C(=O)OCC(=O)OCCOC(=O)COC(=O)C(=C)C.CC.CCN(CC)CC.CCN(CC)CC.O=C(CO)OCCOC(=O)CO.[Cl-]. The highest BCUT2D eigenvalue weighted by Gasteiger charge is 2.11. The molecule has 0 saturated heterocycles. The zero-order chi connectivity index (χ0) is 45.1. The van der Waals surface area contributed by atoms with Crippen LogP contribution in [0.5, 0.6) is 0 Å². The number of hydrogen-bond acceptors (Lipinski definition) is 17. The second-order valence-corrected chi connectivity index (χ2v) is 10.5. The Balaban J connectivity index is -0.0000000699. The summed E-state index contributed by atoms with van der Waals surface area (Å²) in [6, 6.07) is 0. The molecule has 0 rings (SSSR count). The minimum atomic E-state index is -0.792. The van der Waals surface area contributed by atoms with Gasteiger partial charge in [-0.15, -0.1) is 0 Å². The molecule has 0 bridgehead atoms. The molecule has 0 aromatic carbocycles. The van der Waals surface area contributed by atoms with Crippen molar-refractivity contribution in [1.29, 1.82) is 0 Å². The largest absolute Gasteiger partial charge is 1.00 e. The van der Waals surface area contributed by atoms with Crippen LogP contribution in [-0.4, -0.2) is 153 Å². The summed E-state index contributed by atoms with van der Waals surface area (Å²) in [5, 5.41) is 15.9. The lowest BCUT2D eigenvalue weighted by molar-refractivity contribution is -0.162. The van der Waals surface area contributed by atoms with E-state index < -0.39 is 67.5 Å². The number of nitrogens with zero attached hydrogens (tertiary/aromatic N) is 2. The molecule has 17 nitrogen and oxygen atoms in total. The summed E-state index contributed by atoms with van der Waals surface area (Å²) in [7, 11) is 0. The zero-order valence-electron chi connectivity index (χ0n) is 35.9. The maximum Gasteiger partial charge on any atom is 0.344 e. The normalized spacial score (nSPS) is 8.53. The molecule has 0 atom stereocenters. The predicted molar refractivity (Wildman–Crippen MR) is 234 cm³/mol. The number of aliphatic hydroxyl groups is 2. The van der Waals surface area contributed by atoms with Crippen LogP contribution in [0.15, 0.2) is 36.5 Å². The van der Waals surface area contributed by atoms with Crippen LogP contribution in [0.3, 0.4) is 0 Å². The van der Waals surface area contributed by atoms with Crippen LogP contribution in [0.2, 0.25) is 0 Å². The minimum absolute atomic E-state index is 0. The number of ether oxygens (including phenoxy) is 6. The lowest BCUT2D eigenvalue weighted by Crippen LogP contribution is -3.00. The highest BCUT2D eigenvalue weighted by Crippen LogP contribution is 1.95. The second-order valence-electron chi connectivity index (χ2n) is 10.2. The first kappa shape index (κ1) is 80.2. The van der Waals surface area contributed by atoms with E-state index in [4.69, 9.17) is 21.8 Å². The third kappa shape index (κ3) is 66.0. The van der Waals surface area contributed by atoms with Crippen molar-refractivity contribution in [3.05, 3.63) is 36.5 Å². The maximum atomic E-state index is 11.2. The molecule has 0 aliphatic rings. The number of halogens is 2. The first-order valence-corrected chi connectivity index (χ1v) is 18.4. The average molecular weight is 913 g/mol. The Morgan fingerprint density at radius 1 is 0.467 bits per heavy atom. The fourth-order valence-electron chi connectivity index (χ4n) is 2.63. The number of aliphatic hydroxyl groups excluding tert-OH is 2. The van der Waals surface area contributed by atoms with Gasteiger partial charge < -0.3 is 60.8 Å². The third-order valence-corrected chi connectivity index (χ3v) is 6.16. The maximum absolute atomic E-state index is 11.2. The molecule has 0 fully saturated rings. The Labute approximate surface area is 373 Å². The fraction of sp³-hybridized carbons (Fsp3) is 0.683. The van der Waals surface area contributed by atoms with Gasteiger partial charge in [0.05, 0.1) is 0 Å². The summed E-state index contributed by atoms with van der Waals surface area (Å²) in [5.41, 5.74) is 0.703. The van der Waals surface area contributed by atoms with E-state index >= 15 is 0 Å². The van der Waals surface area contributed by atoms with Crippen molar-refractivity contribution >= 4 is 52.7 Å². The van der Waals surface area contributed by atoms with Crippen LogP contribution < -0.4 is 12.4 Å². The topological polar surface area (TPSA) is 222 Å². The molecule has 0 aromatic rings. The number of rotatable bonds is 21. The van der Waals surface area contributed by atoms with Gasteiger partial charge in [-0.05, 0) is 71.6 Å². The van der Waals surface area contributed by atoms with Gasteiger partial charge in [-0.2, -0.15) is 0 Å². The zero-order valence-corrected chi connectivity index (χ0v) is 37.4. The molecule has 0 saturated carbocycles. The Morgan fingerprint density at radius 2 is 0.667 bits per heavy atom. The van der Waals surface area contributed by atoms with Crippen molar-refractivity contribution in [3.8, 4) is 0 Å². The quantitative estimate of drug-likeness (QED) is 0.0555. The van der Waals surface area contributed by atoms with Gasteiger partial charge in [-0.25, -0.2) is 28.8 Å². The number of carbonyl (C=O) groups excluding carboxylic acids is 7. The van der Waals surface area contributed by atoms with E-state index in [1.165, 1.54) is 53.1 Å².